The summed E-state index contributed by atoms with van der Waals surface area (Å²) in [6, 6.07) is 21.1. The number of aryl methyl sites for hydroxylation is 5. The van der Waals surface area contributed by atoms with Crippen molar-refractivity contribution in [3.05, 3.63) is 88.5 Å². The smallest absolute Gasteiger partial charge is 0.135 e. The molecule has 2 heterocycles. The lowest BCUT2D eigenvalue weighted by Crippen LogP contribution is -1.86. The third kappa shape index (κ3) is 3.74. The molecule has 0 spiro atoms. The number of furan rings is 2. The van der Waals surface area contributed by atoms with Crippen molar-refractivity contribution in [1.82, 2.24) is 0 Å². The summed E-state index contributed by atoms with van der Waals surface area (Å²) in [6.45, 7) is 10.4. The van der Waals surface area contributed by atoms with Crippen LogP contribution in [0.1, 0.15) is 27.8 Å². The van der Waals surface area contributed by atoms with Crippen LogP contribution in [0.4, 0.5) is 0 Å². The van der Waals surface area contributed by atoms with Crippen molar-refractivity contribution >= 4 is 43.9 Å². The molecule has 4 aromatic carbocycles. The molecular formula is C30H28O3. The fourth-order valence-corrected chi connectivity index (χ4v) is 4.37. The van der Waals surface area contributed by atoms with Crippen molar-refractivity contribution in [2.24, 2.45) is 0 Å². The molecule has 0 saturated heterocycles. The van der Waals surface area contributed by atoms with E-state index in [0.29, 0.717) is 0 Å². The highest BCUT2D eigenvalue weighted by Crippen LogP contribution is 2.35. The second-order valence-corrected chi connectivity index (χ2v) is 8.95. The SMILES string of the molecule is COc1cc2c(cc1C)oc1cc(C)c(C)cc12.Cc1ccc2c(c1)oc1cc(C)ccc12. The largest absolute Gasteiger partial charge is 0.496 e. The van der Waals surface area contributed by atoms with Crippen molar-refractivity contribution in [1.29, 1.82) is 0 Å². The van der Waals surface area contributed by atoms with E-state index in [1.165, 1.54) is 33.0 Å². The van der Waals surface area contributed by atoms with Gasteiger partial charge in [-0.25, -0.2) is 0 Å². The standard InChI is InChI=1S/C16H16O2.C14H12O/c1-9-5-12-13-8-14(17-4)11(3)7-16(13)18-15(12)6-10(9)2;1-9-3-5-11-12-6-4-10(2)8-14(12)15-13(11)7-9/h5-8H,1-4H3;3-8H,1-2H3. The van der Waals surface area contributed by atoms with E-state index in [1.54, 1.807) is 7.11 Å². The average molecular weight is 437 g/mol. The molecule has 166 valence electrons. The second kappa shape index (κ2) is 8.00. The molecule has 0 aliphatic rings. The maximum atomic E-state index is 5.91. The Labute approximate surface area is 193 Å². The number of hydrogen-bond donors (Lipinski definition) is 0. The summed E-state index contributed by atoms with van der Waals surface area (Å²) in [5.74, 6) is 0.906. The molecule has 0 N–H and O–H groups in total. The van der Waals surface area contributed by atoms with E-state index in [4.69, 9.17) is 13.6 Å². The zero-order chi connectivity index (χ0) is 23.3. The van der Waals surface area contributed by atoms with Crippen LogP contribution in [-0.4, -0.2) is 7.11 Å². The molecule has 2 aromatic heterocycles. The second-order valence-electron chi connectivity index (χ2n) is 8.95. The maximum Gasteiger partial charge on any atom is 0.135 e. The molecule has 0 atom stereocenters. The van der Waals surface area contributed by atoms with Gasteiger partial charge in [-0.15, -0.1) is 0 Å². The van der Waals surface area contributed by atoms with Crippen molar-refractivity contribution in [3.63, 3.8) is 0 Å². The fraction of sp³-hybridized carbons (Fsp3) is 0.200. The van der Waals surface area contributed by atoms with E-state index in [1.807, 2.05) is 13.0 Å². The summed E-state index contributed by atoms with van der Waals surface area (Å²) in [6.07, 6.45) is 0. The molecular weight excluding hydrogens is 408 g/mol. The van der Waals surface area contributed by atoms with Gasteiger partial charge in [-0.2, -0.15) is 0 Å². The normalized spacial score (nSPS) is 11.3. The molecule has 0 aliphatic heterocycles. The Kier molecular flexibility index (Phi) is 5.13. The Balaban J connectivity index is 0.000000140. The Hall–Kier alpha value is -3.72. The Bertz CT molecular complexity index is 1590. The number of ether oxygens (including phenoxy) is 1. The van der Waals surface area contributed by atoms with Crippen molar-refractivity contribution < 1.29 is 13.6 Å². The van der Waals surface area contributed by atoms with E-state index >= 15 is 0 Å². The molecule has 0 aliphatic carbocycles. The molecule has 0 unspecified atom stereocenters. The van der Waals surface area contributed by atoms with Gasteiger partial charge in [0.15, 0.2) is 0 Å². The molecule has 0 saturated carbocycles. The zero-order valence-corrected chi connectivity index (χ0v) is 20.0. The molecule has 0 bridgehead atoms. The maximum absolute atomic E-state index is 5.91. The van der Waals surface area contributed by atoms with Crippen LogP contribution in [0, 0.1) is 34.6 Å². The van der Waals surface area contributed by atoms with E-state index in [-0.39, 0.29) is 0 Å². The van der Waals surface area contributed by atoms with Gasteiger partial charge >= 0.3 is 0 Å². The molecule has 0 radical (unpaired) electrons. The summed E-state index contributed by atoms with van der Waals surface area (Å²) in [5.41, 5.74) is 9.93. The minimum atomic E-state index is 0.906. The average Bonchev–Trinajstić information content (AvgIpc) is 3.29. The summed E-state index contributed by atoms with van der Waals surface area (Å²) in [5, 5.41) is 4.69. The first kappa shape index (κ1) is 21.1. The lowest BCUT2D eigenvalue weighted by Gasteiger charge is -2.03. The summed E-state index contributed by atoms with van der Waals surface area (Å²) >= 11 is 0. The van der Waals surface area contributed by atoms with Crippen LogP contribution in [0.5, 0.6) is 5.75 Å². The first-order valence-corrected chi connectivity index (χ1v) is 11.2. The number of fused-ring (bicyclic) bond motifs is 6. The van der Waals surface area contributed by atoms with E-state index in [9.17, 15) is 0 Å². The van der Waals surface area contributed by atoms with Crippen molar-refractivity contribution in [2.45, 2.75) is 34.6 Å². The highest BCUT2D eigenvalue weighted by molar-refractivity contribution is 6.06. The Morgan fingerprint density at radius 1 is 0.485 bits per heavy atom. The molecule has 6 aromatic rings. The van der Waals surface area contributed by atoms with E-state index < -0.39 is 0 Å². The van der Waals surface area contributed by atoms with E-state index in [0.717, 1.165) is 44.4 Å². The number of rotatable bonds is 1. The lowest BCUT2D eigenvalue weighted by molar-refractivity contribution is 0.412. The highest BCUT2D eigenvalue weighted by Gasteiger charge is 2.11. The number of hydrogen-bond acceptors (Lipinski definition) is 3. The van der Waals surface area contributed by atoms with Crippen LogP contribution in [0.3, 0.4) is 0 Å². The topological polar surface area (TPSA) is 35.5 Å². The van der Waals surface area contributed by atoms with E-state index in [2.05, 4.69) is 82.3 Å². The first-order chi connectivity index (χ1) is 15.8. The lowest BCUT2D eigenvalue weighted by atomic mass is 10.0. The van der Waals surface area contributed by atoms with Crippen LogP contribution in [0.25, 0.3) is 43.9 Å². The molecule has 3 heteroatoms. The quantitative estimate of drug-likeness (QED) is 0.258. The molecule has 6 rings (SSSR count). The monoisotopic (exact) mass is 436 g/mol. The summed E-state index contributed by atoms with van der Waals surface area (Å²) in [7, 11) is 1.70. The predicted octanol–water partition coefficient (Wildman–Crippen LogP) is 8.72. The number of methoxy groups -OCH3 is 1. The van der Waals surface area contributed by atoms with Crippen LogP contribution < -0.4 is 4.74 Å². The number of benzene rings is 4. The summed E-state index contributed by atoms with van der Waals surface area (Å²) < 4.78 is 17.1. The third-order valence-electron chi connectivity index (χ3n) is 6.39. The molecule has 0 fully saturated rings. The summed E-state index contributed by atoms with van der Waals surface area (Å²) in [4.78, 5) is 0. The first-order valence-electron chi connectivity index (χ1n) is 11.2. The van der Waals surface area contributed by atoms with Gasteiger partial charge in [-0.3, -0.25) is 0 Å². The molecule has 33 heavy (non-hydrogen) atoms. The van der Waals surface area contributed by atoms with Crippen molar-refractivity contribution in [3.8, 4) is 5.75 Å². The van der Waals surface area contributed by atoms with Gasteiger partial charge in [0.2, 0.25) is 0 Å². The molecule has 0 amide bonds. The Morgan fingerprint density at radius 3 is 1.48 bits per heavy atom. The van der Waals surface area contributed by atoms with Gasteiger partial charge in [-0.05, 0) is 98.8 Å². The van der Waals surface area contributed by atoms with Gasteiger partial charge in [0.1, 0.15) is 28.1 Å². The molecule has 3 nitrogen and oxygen atoms in total. The predicted molar refractivity (Wildman–Crippen MR) is 138 cm³/mol. The third-order valence-corrected chi connectivity index (χ3v) is 6.39. The minimum absolute atomic E-state index is 0.906. The zero-order valence-electron chi connectivity index (χ0n) is 20.0. The van der Waals surface area contributed by atoms with Gasteiger partial charge in [0.25, 0.3) is 0 Å². The van der Waals surface area contributed by atoms with Gasteiger partial charge in [0, 0.05) is 21.5 Å². The van der Waals surface area contributed by atoms with Crippen LogP contribution in [0.2, 0.25) is 0 Å². The minimum Gasteiger partial charge on any atom is -0.496 e. The van der Waals surface area contributed by atoms with Crippen LogP contribution >= 0.6 is 0 Å². The van der Waals surface area contributed by atoms with Crippen LogP contribution in [0.15, 0.2) is 69.5 Å². The highest BCUT2D eigenvalue weighted by atomic mass is 16.5. The van der Waals surface area contributed by atoms with Gasteiger partial charge in [0.05, 0.1) is 7.11 Å². The van der Waals surface area contributed by atoms with Crippen LogP contribution in [-0.2, 0) is 0 Å². The Morgan fingerprint density at radius 2 is 0.939 bits per heavy atom. The van der Waals surface area contributed by atoms with Gasteiger partial charge < -0.3 is 13.6 Å². The van der Waals surface area contributed by atoms with Crippen molar-refractivity contribution in [2.75, 3.05) is 7.11 Å². The fourth-order valence-electron chi connectivity index (χ4n) is 4.37. The van der Waals surface area contributed by atoms with Gasteiger partial charge in [-0.1, -0.05) is 24.3 Å².